The summed E-state index contributed by atoms with van der Waals surface area (Å²) in [4.78, 5) is 12.5. The molecular weight excluding hydrogens is 140 g/mol. The number of likely N-dealkylation sites (N-methyl/N-ethyl adjacent to an activating group) is 1. The molecular formula is C8H16N2O. The first-order valence-corrected chi connectivity index (χ1v) is 3.76. The van der Waals surface area contributed by atoms with Crippen molar-refractivity contribution in [2.45, 2.75) is 19.8 Å². The number of carbonyl (C=O) groups excluding carboxylic acids is 1. The lowest BCUT2D eigenvalue weighted by Crippen LogP contribution is -2.25. The minimum absolute atomic E-state index is 0.358. The van der Waals surface area contributed by atoms with Crippen LogP contribution in [-0.4, -0.2) is 24.9 Å². The first kappa shape index (κ1) is 10.0. The Morgan fingerprint density at radius 1 is 1.55 bits per heavy atom. The van der Waals surface area contributed by atoms with E-state index in [9.17, 15) is 4.79 Å². The molecule has 0 rings (SSSR count). The van der Waals surface area contributed by atoms with Gasteiger partial charge in [-0.1, -0.05) is 19.4 Å². The fourth-order valence-electron chi connectivity index (χ4n) is 0.785. The molecule has 0 aromatic carbocycles. The molecule has 0 saturated carbocycles. The highest BCUT2D eigenvalue weighted by Gasteiger charge is 2.04. The molecule has 1 amide bonds. The van der Waals surface area contributed by atoms with Crippen LogP contribution in [0, 0.1) is 0 Å². The van der Waals surface area contributed by atoms with E-state index in [1.54, 1.807) is 4.90 Å². The highest BCUT2D eigenvalue weighted by molar-refractivity contribution is 5.91. The number of hydrogen-bond acceptors (Lipinski definition) is 2. The van der Waals surface area contributed by atoms with Gasteiger partial charge in [-0.2, -0.15) is 0 Å². The lowest BCUT2D eigenvalue weighted by molar-refractivity contribution is -0.115. The van der Waals surface area contributed by atoms with Crippen LogP contribution >= 0.6 is 0 Å². The smallest absolute Gasteiger partial charge is 0.264 e. The van der Waals surface area contributed by atoms with Gasteiger partial charge in [-0.05, 0) is 6.42 Å². The number of primary amides is 1. The zero-order valence-corrected chi connectivity index (χ0v) is 7.42. The van der Waals surface area contributed by atoms with Crippen LogP contribution in [0.4, 0.5) is 0 Å². The molecule has 11 heavy (non-hydrogen) atoms. The van der Waals surface area contributed by atoms with Crippen molar-refractivity contribution in [3.8, 4) is 0 Å². The Morgan fingerprint density at radius 3 is 2.36 bits per heavy atom. The van der Waals surface area contributed by atoms with Crippen LogP contribution in [-0.2, 0) is 4.79 Å². The summed E-state index contributed by atoms with van der Waals surface area (Å²) in [7, 11) is 3.62. The maximum absolute atomic E-state index is 10.8. The number of rotatable bonds is 4. The summed E-state index contributed by atoms with van der Waals surface area (Å²) in [5.74, 6) is -0.358. The molecule has 0 aliphatic rings. The molecule has 0 heterocycles. The zero-order chi connectivity index (χ0) is 8.85. The average Bonchev–Trinajstić information content (AvgIpc) is 1.87. The molecule has 3 nitrogen and oxygen atoms in total. The van der Waals surface area contributed by atoms with E-state index in [1.165, 1.54) is 0 Å². The van der Waals surface area contributed by atoms with Crippen LogP contribution < -0.4 is 5.73 Å². The van der Waals surface area contributed by atoms with Crippen LogP contribution in [0.15, 0.2) is 11.8 Å². The van der Waals surface area contributed by atoms with Crippen LogP contribution in [0.25, 0.3) is 0 Å². The van der Waals surface area contributed by atoms with Crippen LogP contribution in [0.1, 0.15) is 19.8 Å². The molecule has 64 valence electrons. The van der Waals surface area contributed by atoms with Crippen molar-refractivity contribution in [3.05, 3.63) is 11.8 Å². The molecule has 0 spiro atoms. The highest BCUT2D eigenvalue weighted by atomic mass is 16.1. The summed E-state index contributed by atoms with van der Waals surface area (Å²) < 4.78 is 0. The van der Waals surface area contributed by atoms with Crippen molar-refractivity contribution < 1.29 is 4.79 Å². The minimum Gasteiger partial charge on any atom is -0.373 e. The number of nitrogens with two attached hydrogens (primary N) is 1. The lowest BCUT2D eigenvalue weighted by atomic mass is 10.2. The van der Waals surface area contributed by atoms with Crippen molar-refractivity contribution in [1.29, 1.82) is 0 Å². The maximum Gasteiger partial charge on any atom is 0.264 e. The van der Waals surface area contributed by atoms with Crippen LogP contribution in [0.3, 0.4) is 0 Å². The van der Waals surface area contributed by atoms with E-state index in [4.69, 9.17) is 5.73 Å². The van der Waals surface area contributed by atoms with E-state index in [2.05, 4.69) is 6.92 Å². The predicted molar refractivity (Wildman–Crippen MR) is 45.9 cm³/mol. The van der Waals surface area contributed by atoms with E-state index in [-0.39, 0.29) is 5.91 Å². The van der Waals surface area contributed by atoms with Crippen molar-refractivity contribution in [2.75, 3.05) is 14.1 Å². The van der Waals surface area contributed by atoms with Crippen molar-refractivity contribution >= 4 is 5.91 Å². The Hall–Kier alpha value is -0.990. The SMILES string of the molecule is CCC/C=C(\C(N)=O)N(C)C. The number of amides is 1. The van der Waals surface area contributed by atoms with Crippen LogP contribution in [0.5, 0.6) is 0 Å². The summed E-state index contributed by atoms with van der Waals surface area (Å²) >= 11 is 0. The van der Waals surface area contributed by atoms with Gasteiger partial charge in [-0.3, -0.25) is 4.79 Å². The summed E-state index contributed by atoms with van der Waals surface area (Å²) in [5.41, 5.74) is 5.72. The van der Waals surface area contributed by atoms with Gasteiger partial charge in [-0.15, -0.1) is 0 Å². The van der Waals surface area contributed by atoms with E-state index < -0.39 is 0 Å². The molecule has 2 N–H and O–H groups in total. The second-order valence-corrected chi connectivity index (χ2v) is 2.64. The standard InChI is InChI=1S/C8H16N2O/c1-4-5-6-7(8(9)11)10(2)3/h6H,4-5H2,1-3H3,(H2,9,11)/b7-6+. The molecule has 3 heteroatoms. The van der Waals surface area contributed by atoms with Crippen molar-refractivity contribution in [2.24, 2.45) is 5.73 Å². The molecule has 0 unspecified atom stereocenters. The van der Waals surface area contributed by atoms with Gasteiger partial charge in [-0.25, -0.2) is 0 Å². The fourth-order valence-corrected chi connectivity index (χ4v) is 0.785. The normalized spacial score (nSPS) is 11.4. The van der Waals surface area contributed by atoms with Gasteiger partial charge < -0.3 is 10.6 Å². The summed E-state index contributed by atoms with van der Waals surface area (Å²) in [6.07, 6.45) is 3.80. The van der Waals surface area contributed by atoms with Gasteiger partial charge in [0.25, 0.3) is 5.91 Å². The third-order valence-corrected chi connectivity index (χ3v) is 1.36. The van der Waals surface area contributed by atoms with Crippen molar-refractivity contribution in [3.63, 3.8) is 0 Å². The van der Waals surface area contributed by atoms with Gasteiger partial charge in [0, 0.05) is 14.1 Å². The van der Waals surface area contributed by atoms with E-state index >= 15 is 0 Å². The van der Waals surface area contributed by atoms with Crippen molar-refractivity contribution in [1.82, 2.24) is 4.90 Å². The molecule has 0 radical (unpaired) electrons. The Kier molecular flexibility index (Phi) is 4.34. The summed E-state index contributed by atoms with van der Waals surface area (Å²) in [5, 5.41) is 0. The zero-order valence-electron chi connectivity index (χ0n) is 7.42. The third-order valence-electron chi connectivity index (χ3n) is 1.36. The Balaban J connectivity index is 4.21. The number of hydrogen-bond donors (Lipinski definition) is 1. The quantitative estimate of drug-likeness (QED) is 0.609. The van der Waals surface area contributed by atoms with Gasteiger partial charge >= 0.3 is 0 Å². The molecule has 0 aliphatic carbocycles. The largest absolute Gasteiger partial charge is 0.373 e. The van der Waals surface area contributed by atoms with Gasteiger partial charge in [0.1, 0.15) is 0 Å². The molecule has 0 aromatic heterocycles. The maximum atomic E-state index is 10.8. The topological polar surface area (TPSA) is 46.3 Å². The second-order valence-electron chi connectivity index (χ2n) is 2.64. The summed E-state index contributed by atoms with van der Waals surface area (Å²) in [6, 6.07) is 0. The van der Waals surface area contributed by atoms with Crippen LogP contribution in [0.2, 0.25) is 0 Å². The minimum atomic E-state index is -0.358. The lowest BCUT2D eigenvalue weighted by Gasteiger charge is -2.13. The van der Waals surface area contributed by atoms with Gasteiger partial charge in [0.05, 0.1) is 5.70 Å². The molecule has 0 aromatic rings. The Morgan fingerprint density at radius 2 is 2.09 bits per heavy atom. The van der Waals surface area contributed by atoms with Gasteiger partial charge in [0.2, 0.25) is 0 Å². The fraction of sp³-hybridized carbons (Fsp3) is 0.625. The van der Waals surface area contributed by atoms with E-state index in [1.807, 2.05) is 20.2 Å². The summed E-state index contributed by atoms with van der Waals surface area (Å²) in [6.45, 7) is 2.06. The average molecular weight is 156 g/mol. The molecule has 0 saturated heterocycles. The molecule has 0 bridgehead atoms. The number of nitrogens with zero attached hydrogens (tertiary/aromatic N) is 1. The Bertz CT molecular complexity index is 161. The molecule has 0 aliphatic heterocycles. The molecule has 0 atom stereocenters. The van der Waals surface area contributed by atoms with E-state index in [0.717, 1.165) is 12.8 Å². The predicted octanol–water partition coefficient (Wildman–Crippen LogP) is 0.717. The highest BCUT2D eigenvalue weighted by Crippen LogP contribution is 2.00. The first-order chi connectivity index (χ1) is 5.09. The number of unbranched alkanes of at least 4 members (excludes halogenated alkanes) is 1. The number of allylic oxidation sites excluding steroid dienone is 1. The third kappa shape index (κ3) is 3.65. The molecule has 0 fully saturated rings. The first-order valence-electron chi connectivity index (χ1n) is 3.76. The Labute approximate surface area is 67.9 Å². The second kappa shape index (κ2) is 4.77. The number of carbonyl (C=O) groups is 1. The monoisotopic (exact) mass is 156 g/mol. The van der Waals surface area contributed by atoms with E-state index in [0.29, 0.717) is 5.70 Å². The van der Waals surface area contributed by atoms with Gasteiger partial charge in [0.15, 0.2) is 0 Å².